The van der Waals surface area contributed by atoms with Crippen LogP contribution in [0.1, 0.15) is 19.4 Å². The fraction of sp³-hybridized carbons (Fsp3) is 0.417. The van der Waals surface area contributed by atoms with E-state index in [0.29, 0.717) is 5.25 Å². The highest BCUT2D eigenvalue weighted by atomic mass is 32.2. The van der Waals surface area contributed by atoms with Gasteiger partial charge in [0.05, 0.1) is 22.7 Å². The SMILES string of the molecule is CC(C)SCC(=O)Nc1ccc(C(F)(F)F)cc1N. The van der Waals surface area contributed by atoms with Crippen molar-refractivity contribution in [2.24, 2.45) is 0 Å². The first kappa shape index (κ1) is 15.7. The summed E-state index contributed by atoms with van der Waals surface area (Å²) in [6.07, 6.45) is -4.44. The normalized spacial score (nSPS) is 11.7. The van der Waals surface area contributed by atoms with Crippen molar-refractivity contribution in [2.45, 2.75) is 25.3 Å². The van der Waals surface area contributed by atoms with E-state index < -0.39 is 11.7 Å². The van der Waals surface area contributed by atoms with Gasteiger partial charge in [-0.25, -0.2) is 0 Å². The van der Waals surface area contributed by atoms with E-state index in [1.54, 1.807) is 0 Å². The molecule has 0 spiro atoms. The van der Waals surface area contributed by atoms with Crippen molar-refractivity contribution in [3.05, 3.63) is 23.8 Å². The summed E-state index contributed by atoms with van der Waals surface area (Å²) in [5.74, 6) is -0.0526. The minimum Gasteiger partial charge on any atom is -0.397 e. The van der Waals surface area contributed by atoms with E-state index in [4.69, 9.17) is 5.73 Å². The summed E-state index contributed by atoms with van der Waals surface area (Å²) in [5.41, 5.74) is 4.76. The molecule has 0 aliphatic carbocycles. The Balaban J connectivity index is 2.73. The van der Waals surface area contributed by atoms with Crippen LogP contribution in [-0.4, -0.2) is 16.9 Å². The van der Waals surface area contributed by atoms with E-state index in [1.807, 2.05) is 13.8 Å². The van der Waals surface area contributed by atoms with Crippen molar-refractivity contribution >= 4 is 29.0 Å². The Bertz CT molecular complexity index is 461. The Morgan fingerprint density at radius 3 is 2.53 bits per heavy atom. The Morgan fingerprint density at radius 1 is 1.42 bits per heavy atom. The van der Waals surface area contributed by atoms with Crippen LogP contribution >= 0.6 is 11.8 Å². The van der Waals surface area contributed by atoms with Gasteiger partial charge in [0.1, 0.15) is 0 Å². The zero-order chi connectivity index (χ0) is 14.6. The van der Waals surface area contributed by atoms with Gasteiger partial charge in [-0.05, 0) is 23.4 Å². The number of carbonyl (C=O) groups is 1. The van der Waals surface area contributed by atoms with Crippen LogP contribution in [0.3, 0.4) is 0 Å². The summed E-state index contributed by atoms with van der Waals surface area (Å²) in [4.78, 5) is 11.5. The second-order valence-electron chi connectivity index (χ2n) is 4.21. The molecule has 0 aliphatic rings. The highest BCUT2D eigenvalue weighted by molar-refractivity contribution is 8.00. The van der Waals surface area contributed by atoms with Gasteiger partial charge in [0.2, 0.25) is 5.91 Å². The molecule has 1 aromatic rings. The molecule has 0 saturated carbocycles. The van der Waals surface area contributed by atoms with E-state index in [1.165, 1.54) is 11.8 Å². The number of thioether (sulfide) groups is 1. The third-order valence-corrected chi connectivity index (χ3v) is 3.30. The minimum absolute atomic E-state index is 0.0993. The zero-order valence-electron chi connectivity index (χ0n) is 10.5. The van der Waals surface area contributed by atoms with Crippen molar-refractivity contribution in [2.75, 3.05) is 16.8 Å². The van der Waals surface area contributed by atoms with E-state index in [0.717, 1.165) is 18.2 Å². The Hall–Kier alpha value is -1.37. The average Bonchev–Trinajstić information content (AvgIpc) is 2.27. The number of nitrogens with one attached hydrogen (secondary N) is 1. The smallest absolute Gasteiger partial charge is 0.397 e. The summed E-state index contributed by atoms with van der Waals surface area (Å²) in [7, 11) is 0. The maximum absolute atomic E-state index is 12.4. The molecule has 0 heterocycles. The first-order valence-electron chi connectivity index (χ1n) is 5.58. The average molecular weight is 292 g/mol. The predicted octanol–water partition coefficient (Wildman–Crippen LogP) is 3.37. The van der Waals surface area contributed by atoms with Gasteiger partial charge in [-0.3, -0.25) is 4.79 Å². The number of benzene rings is 1. The van der Waals surface area contributed by atoms with Crippen LogP contribution in [0, 0.1) is 0 Å². The summed E-state index contributed by atoms with van der Waals surface area (Å²) in [6, 6.07) is 2.86. The lowest BCUT2D eigenvalue weighted by molar-refractivity contribution is -0.137. The molecule has 0 bridgehead atoms. The summed E-state index contributed by atoms with van der Waals surface area (Å²) >= 11 is 1.44. The highest BCUT2D eigenvalue weighted by Gasteiger charge is 2.30. The van der Waals surface area contributed by atoms with Crippen molar-refractivity contribution in [1.82, 2.24) is 0 Å². The monoisotopic (exact) mass is 292 g/mol. The molecular weight excluding hydrogens is 277 g/mol. The molecule has 1 aromatic carbocycles. The molecule has 0 unspecified atom stereocenters. The van der Waals surface area contributed by atoms with Crippen molar-refractivity contribution < 1.29 is 18.0 Å². The maximum Gasteiger partial charge on any atom is 0.416 e. The van der Waals surface area contributed by atoms with Crippen molar-refractivity contribution in [3.8, 4) is 0 Å². The summed E-state index contributed by atoms with van der Waals surface area (Å²) in [6.45, 7) is 3.90. The molecule has 1 amide bonds. The van der Waals surface area contributed by atoms with Crippen LogP contribution in [0.5, 0.6) is 0 Å². The summed E-state index contributed by atoms with van der Waals surface area (Å²) in [5, 5.41) is 2.79. The van der Waals surface area contributed by atoms with Gasteiger partial charge < -0.3 is 11.1 Å². The molecule has 0 saturated heterocycles. The lowest BCUT2D eigenvalue weighted by Crippen LogP contribution is -2.16. The topological polar surface area (TPSA) is 55.1 Å². The molecule has 3 nitrogen and oxygen atoms in total. The zero-order valence-corrected chi connectivity index (χ0v) is 11.4. The van der Waals surface area contributed by atoms with E-state index >= 15 is 0 Å². The van der Waals surface area contributed by atoms with E-state index in [-0.39, 0.29) is 23.0 Å². The quantitative estimate of drug-likeness (QED) is 0.837. The van der Waals surface area contributed by atoms with Gasteiger partial charge in [-0.15, -0.1) is 11.8 Å². The first-order chi connectivity index (χ1) is 8.70. The third kappa shape index (κ3) is 5.02. The number of amides is 1. The van der Waals surface area contributed by atoms with Gasteiger partial charge in [0, 0.05) is 0 Å². The fourth-order valence-electron chi connectivity index (χ4n) is 1.28. The number of hydrogen-bond donors (Lipinski definition) is 2. The van der Waals surface area contributed by atoms with Gasteiger partial charge in [0.25, 0.3) is 0 Å². The molecule has 0 aliphatic heterocycles. The number of nitrogen functional groups attached to an aromatic ring is 1. The number of halogens is 3. The van der Waals surface area contributed by atoms with E-state index in [2.05, 4.69) is 5.32 Å². The second kappa shape index (κ2) is 6.18. The lowest BCUT2D eigenvalue weighted by Gasteiger charge is -2.12. The van der Waals surface area contributed by atoms with Crippen LogP contribution < -0.4 is 11.1 Å². The Kier molecular flexibility index (Phi) is 5.11. The van der Waals surface area contributed by atoms with Crippen molar-refractivity contribution in [1.29, 1.82) is 0 Å². The molecule has 0 atom stereocenters. The number of carbonyl (C=O) groups excluding carboxylic acids is 1. The molecule has 19 heavy (non-hydrogen) atoms. The second-order valence-corrected chi connectivity index (χ2v) is 5.77. The molecule has 1 rings (SSSR count). The largest absolute Gasteiger partial charge is 0.416 e. The van der Waals surface area contributed by atoms with Crippen molar-refractivity contribution in [3.63, 3.8) is 0 Å². The third-order valence-electron chi connectivity index (χ3n) is 2.20. The molecule has 7 heteroatoms. The molecule has 0 fully saturated rings. The molecule has 106 valence electrons. The van der Waals surface area contributed by atoms with Crippen LogP contribution in [0.25, 0.3) is 0 Å². The lowest BCUT2D eigenvalue weighted by atomic mass is 10.1. The fourth-order valence-corrected chi connectivity index (χ4v) is 1.84. The standard InChI is InChI=1S/C12H15F3N2OS/c1-7(2)19-6-11(18)17-10-4-3-8(5-9(10)16)12(13,14)15/h3-5,7H,6,16H2,1-2H3,(H,17,18). The van der Waals surface area contributed by atoms with Crippen LogP contribution in [0.2, 0.25) is 0 Å². The first-order valence-corrected chi connectivity index (χ1v) is 6.63. The number of nitrogens with two attached hydrogens (primary N) is 1. The van der Waals surface area contributed by atoms with Gasteiger partial charge in [-0.1, -0.05) is 13.8 Å². The van der Waals surface area contributed by atoms with E-state index in [9.17, 15) is 18.0 Å². The molecule has 0 radical (unpaired) electrons. The van der Waals surface area contributed by atoms with Gasteiger partial charge in [-0.2, -0.15) is 13.2 Å². The molecular formula is C12H15F3N2OS. The molecule has 0 aromatic heterocycles. The number of anilines is 2. The minimum atomic E-state index is -4.44. The molecule has 3 N–H and O–H groups in total. The number of alkyl halides is 3. The maximum atomic E-state index is 12.4. The number of hydrogen-bond acceptors (Lipinski definition) is 3. The van der Waals surface area contributed by atoms with Crippen LogP contribution in [0.4, 0.5) is 24.5 Å². The Morgan fingerprint density at radius 2 is 2.05 bits per heavy atom. The van der Waals surface area contributed by atoms with Gasteiger partial charge >= 0.3 is 6.18 Å². The van der Waals surface area contributed by atoms with Crippen LogP contribution in [0.15, 0.2) is 18.2 Å². The Labute approximate surface area is 113 Å². The number of rotatable bonds is 4. The van der Waals surface area contributed by atoms with Gasteiger partial charge in [0.15, 0.2) is 0 Å². The predicted molar refractivity (Wildman–Crippen MR) is 72.1 cm³/mol. The summed E-state index contributed by atoms with van der Waals surface area (Å²) < 4.78 is 37.3. The van der Waals surface area contributed by atoms with Crippen LogP contribution in [-0.2, 0) is 11.0 Å². The highest BCUT2D eigenvalue weighted by Crippen LogP contribution is 2.32.